The molecule has 3 nitrogen and oxygen atoms in total. The first kappa shape index (κ1) is 15.3. The van der Waals surface area contributed by atoms with E-state index in [9.17, 15) is 4.39 Å². The van der Waals surface area contributed by atoms with E-state index in [0.29, 0.717) is 6.61 Å². The molecular weight excluding hydrogens is 267 g/mol. The van der Waals surface area contributed by atoms with Gasteiger partial charge in [0.2, 0.25) is 0 Å². The zero-order valence-electron chi connectivity index (χ0n) is 12.7. The van der Waals surface area contributed by atoms with Gasteiger partial charge in [0.05, 0.1) is 24.5 Å². The lowest BCUT2D eigenvalue weighted by molar-refractivity contribution is 0.340. The molecule has 0 radical (unpaired) electrons. The summed E-state index contributed by atoms with van der Waals surface area (Å²) in [7, 11) is 0. The van der Waals surface area contributed by atoms with E-state index in [0.717, 1.165) is 29.1 Å². The summed E-state index contributed by atoms with van der Waals surface area (Å²) in [5.41, 5.74) is 2.99. The van der Waals surface area contributed by atoms with Crippen LogP contribution >= 0.6 is 0 Å². The number of benzene rings is 1. The molecule has 1 unspecified atom stereocenters. The van der Waals surface area contributed by atoms with Crippen LogP contribution in [0.4, 0.5) is 10.1 Å². The number of anilines is 1. The lowest BCUT2D eigenvalue weighted by atomic mass is 10.1. The maximum absolute atomic E-state index is 13.0. The van der Waals surface area contributed by atoms with E-state index < -0.39 is 0 Å². The van der Waals surface area contributed by atoms with Gasteiger partial charge >= 0.3 is 0 Å². The topological polar surface area (TPSA) is 34.1 Å². The van der Waals surface area contributed by atoms with Crippen molar-refractivity contribution in [2.75, 3.05) is 11.9 Å². The second-order valence-corrected chi connectivity index (χ2v) is 4.92. The number of aromatic nitrogens is 1. The third-order valence-corrected chi connectivity index (χ3v) is 3.35. The minimum atomic E-state index is -0.314. The molecule has 21 heavy (non-hydrogen) atoms. The Morgan fingerprint density at radius 3 is 2.62 bits per heavy atom. The molecule has 0 aliphatic carbocycles. The molecule has 1 atom stereocenters. The summed E-state index contributed by atoms with van der Waals surface area (Å²) in [4.78, 5) is 4.16. The van der Waals surface area contributed by atoms with Crippen molar-refractivity contribution in [2.24, 2.45) is 0 Å². The Morgan fingerprint density at radius 1 is 1.24 bits per heavy atom. The Morgan fingerprint density at radius 2 is 2.05 bits per heavy atom. The van der Waals surface area contributed by atoms with E-state index in [2.05, 4.69) is 17.2 Å². The van der Waals surface area contributed by atoms with E-state index in [1.54, 1.807) is 6.07 Å². The van der Waals surface area contributed by atoms with Gasteiger partial charge in [0.15, 0.2) is 0 Å². The summed E-state index contributed by atoms with van der Waals surface area (Å²) < 4.78 is 18.5. The van der Waals surface area contributed by atoms with Gasteiger partial charge in [-0.3, -0.25) is 4.98 Å². The van der Waals surface area contributed by atoms with Crippen LogP contribution in [-0.2, 0) is 0 Å². The van der Waals surface area contributed by atoms with Crippen molar-refractivity contribution in [2.45, 2.75) is 33.2 Å². The predicted molar refractivity (Wildman–Crippen MR) is 83.2 cm³/mol. The number of nitrogens with zero attached hydrogens (tertiary/aromatic N) is 1. The number of hydrogen-bond acceptors (Lipinski definition) is 3. The smallest absolute Gasteiger partial charge is 0.141 e. The minimum absolute atomic E-state index is 0.0576. The van der Waals surface area contributed by atoms with E-state index in [-0.39, 0.29) is 11.9 Å². The van der Waals surface area contributed by atoms with Crippen molar-refractivity contribution in [3.8, 4) is 5.75 Å². The molecule has 0 amide bonds. The first-order chi connectivity index (χ1) is 10.1. The molecule has 0 aliphatic heterocycles. The van der Waals surface area contributed by atoms with Crippen LogP contribution in [-0.4, -0.2) is 11.6 Å². The third kappa shape index (κ3) is 3.94. The zero-order chi connectivity index (χ0) is 15.2. The Balaban J connectivity index is 2.16. The van der Waals surface area contributed by atoms with Gasteiger partial charge in [-0.15, -0.1) is 0 Å². The Bertz CT molecular complexity index is 584. The highest BCUT2D eigenvalue weighted by Crippen LogP contribution is 2.26. The number of halogens is 1. The van der Waals surface area contributed by atoms with Crippen molar-refractivity contribution in [1.82, 2.24) is 4.98 Å². The van der Waals surface area contributed by atoms with Crippen LogP contribution in [0, 0.1) is 12.7 Å². The predicted octanol–water partition coefficient (Wildman–Crippen LogP) is 4.49. The van der Waals surface area contributed by atoms with Crippen LogP contribution in [0.5, 0.6) is 5.75 Å². The largest absolute Gasteiger partial charge is 0.494 e. The molecule has 1 heterocycles. The average molecular weight is 288 g/mol. The normalized spacial score (nSPS) is 12.0. The standard InChI is InChI=1S/C17H21FN2O/c1-4-15(17-8-6-13(18)11-19-17)20-16-9-7-14(21-5-2)10-12(16)3/h6-11,15,20H,4-5H2,1-3H3. The second kappa shape index (κ2) is 7.07. The lowest BCUT2D eigenvalue weighted by Gasteiger charge is -2.19. The molecule has 0 spiro atoms. The molecule has 4 heteroatoms. The molecule has 0 saturated carbocycles. The Kier molecular flexibility index (Phi) is 5.14. The molecule has 1 aromatic heterocycles. The van der Waals surface area contributed by atoms with E-state index in [1.807, 2.05) is 32.0 Å². The summed E-state index contributed by atoms with van der Waals surface area (Å²) in [6.07, 6.45) is 2.12. The van der Waals surface area contributed by atoms with Gasteiger partial charge in [-0.1, -0.05) is 6.92 Å². The van der Waals surface area contributed by atoms with Gasteiger partial charge in [0.25, 0.3) is 0 Å². The van der Waals surface area contributed by atoms with Crippen LogP contribution in [0.15, 0.2) is 36.5 Å². The molecule has 0 fully saturated rings. The van der Waals surface area contributed by atoms with Crippen LogP contribution < -0.4 is 10.1 Å². The zero-order valence-corrected chi connectivity index (χ0v) is 12.7. The summed E-state index contributed by atoms with van der Waals surface area (Å²) >= 11 is 0. The molecule has 112 valence electrons. The highest BCUT2D eigenvalue weighted by molar-refractivity contribution is 5.54. The fourth-order valence-electron chi connectivity index (χ4n) is 2.22. The van der Waals surface area contributed by atoms with E-state index in [1.165, 1.54) is 12.3 Å². The second-order valence-electron chi connectivity index (χ2n) is 4.92. The van der Waals surface area contributed by atoms with Crippen LogP contribution in [0.1, 0.15) is 37.6 Å². The van der Waals surface area contributed by atoms with Gasteiger partial charge in [-0.05, 0) is 56.2 Å². The highest BCUT2D eigenvalue weighted by Gasteiger charge is 2.12. The van der Waals surface area contributed by atoms with Gasteiger partial charge in [0, 0.05) is 5.69 Å². The van der Waals surface area contributed by atoms with Crippen molar-refractivity contribution >= 4 is 5.69 Å². The minimum Gasteiger partial charge on any atom is -0.494 e. The lowest BCUT2D eigenvalue weighted by Crippen LogP contribution is -2.12. The molecular formula is C17H21FN2O. The fraction of sp³-hybridized carbons (Fsp3) is 0.353. The number of rotatable bonds is 6. The van der Waals surface area contributed by atoms with Gasteiger partial charge in [-0.2, -0.15) is 0 Å². The number of nitrogens with one attached hydrogen (secondary N) is 1. The van der Waals surface area contributed by atoms with E-state index >= 15 is 0 Å². The molecule has 0 aliphatic rings. The summed E-state index contributed by atoms with van der Waals surface area (Å²) in [5.74, 6) is 0.555. The first-order valence-electron chi connectivity index (χ1n) is 7.25. The first-order valence-corrected chi connectivity index (χ1v) is 7.25. The summed E-state index contributed by atoms with van der Waals surface area (Å²) in [6, 6.07) is 9.19. The summed E-state index contributed by atoms with van der Waals surface area (Å²) in [6.45, 7) is 6.74. The van der Waals surface area contributed by atoms with Crippen molar-refractivity contribution in [1.29, 1.82) is 0 Å². The van der Waals surface area contributed by atoms with Crippen molar-refractivity contribution in [3.05, 3.63) is 53.6 Å². The number of aryl methyl sites for hydroxylation is 1. The highest BCUT2D eigenvalue weighted by atomic mass is 19.1. The van der Waals surface area contributed by atoms with Crippen molar-refractivity contribution < 1.29 is 9.13 Å². The van der Waals surface area contributed by atoms with Gasteiger partial charge in [0.1, 0.15) is 11.6 Å². The quantitative estimate of drug-likeness (QED) is 0.850. The average Bonchev–Trinajstić information content (AvgIpc) is 2.48. The molecule has 1 aromatic carbocycles. The maximum Gasteiger partial charge on any atom is 0.141 e. The van der Waals surface area contributed by atoms with E-state index in [4.69, 9.17) is 4.74 Å². The van der Waals surface area contributed by atoms with Gasteiger partial charge < -0.3 is 10.1 Å². The molecule has 2 rings (SSSR count). The monoisotopic (exact) mass is 288 g/mol. The maximum atomic E-state index is 13.0. The molecule has 0 saturated heterocycles. The molecule has 0 bridgehead atoms. The number of pyridine rings is 1. The molecule has 2 aromatic rings. The van der Waals surface area contributed by atoms with Crippen LogP contribution in [0.25, 0.3) is 0 Å². The number of ether oxygens (including phenoxy) is 1. The summed E-state index contributed by atoms with van der Waals surface area (Å²) in [5, 5.41) is 3.46. The third-order valence-electron chi connectivity index (χ3n) is 3.35. The SMILES string of the molecule is CCOc1ccc(NC(CC)c2ccc(F)cn2)c(C)c1. The number of hydrogen-bond donors (Lipinski definition) is 1. The van der Waals surface area contributed by atoms with Crippen LogP contribution in [0.3, 0.4) is 0 Å². The Hall–Kier alpha value is -2.10. The Labute approximate surface area is 125 Å². The van der Waals surface area contributed by atoms with Gasteiger partial charge in [-0.25, -0.2) is 4.39 Å². The molecule has 1 N–H and O–H groups in total. The van der Waals surface area contributed by atoms with Crippen LogP contribution in [0.2, 0.25) is 0 Å². The van der Waals surface area contributed by atoms with Crippen molar-refractivity contribution in [3.63, 3.8) is 0 Å². The fourth-order valence-corrected chi connectivity index (χ4v) is 2.22.